The van der Waals surface area contributed by atoms with Crippen LogP contribution in [0.2, 0.25) is 0 Å². The maximum absolute atomic E-state index is 11.6. The van der Waals surface area contributed by atoms with Gasteiger partial charge in [-0.15, -0.1) is 11.3 Å². The van der Waals surface area contributed by atoms with Crippen LogP contribution in [0.15, 0.2) is 16.3 Å². The summed E-state index contributed by atoms with van der Waals surface area (Å²) < 4.78 is 25.0. The summed E-state index contributed by atoms with van der Waals surface area (Å²) in [6.07, 6.45) is 0. The second-order valence-corrected chi connectivity index (χ2v) is 5.62. The predicted octanol–water partition coefficient (Wildman–Crippen LogP) is -0.529. The van der Waals surface area contributed by atoms with Gasteiger partial charge < -0.3 is 10.4 Å². The lowest BCUT2D eigenvalue weighted by Gasteiger charge is -2.00. The van der Waals surface area contributed by atoms with Crippen molar-refractivity contribution in [2.24, 2.45) is 0 Å². The van der Waals surface area contributed by atoms with Gasteiger partial charge in [-0.2, -0.15) is 4.72 Å². The minimum Gasteiger partial charge on any atom is -0.480 e. The summed E-state index contributed by atoms with van der Waals surface area (Å²) in [4.78, 5) is 21.6. The van der Waals surface area contributed by atoms with Crippen molar-refractivity contribution in [3.8, 4) is 0 Å². The van der Waals surface area contributed by atoms with Crippen molar-refractivity contribution >= 4 is 33.2 Å². The van der Waals surface area contributed by atoms with Crippen LogP contribution in [0.4, 0.5) is 0 Å². The van der Waals surface area contributed by atoms with E-state index in [1.165, 1.54) is 18.5 Å². The molecule has 0 saturated heterocycles. The number of nitrogens with one attached hydrogen (secondary N) is 2. The van der Waals surface area contributed by atoms with Crippen LogP contribution in [0.25, 0.3) is 0 Å². The van der Waals surface area contributed by atoms with Crippen molar-refractivity contribution in [1.29, 1.82) is 0 Å². The van der Waals surface area contributed by atoms with Crippen molar-refractivity contribution in [2.75, 3.05) is 13.6 Å². The van der Waals surface area contributed by atoms with Crippen LogP contribution < -0.4 is 10.0 Å². The van der Waals surface area contributed by atoms with Gasteiger partial charge in [-0.3, -0.25) is 9.59 Å². The maximum Gasteiger partial charge on any atom is 0.318 e. The molecule has 9 heteroatoms. The van der Waals surface area contributed by atoms with Crippen LogP contribution in [0.1, 0.15) is 9.67 Å². The van der Waals surface area contributed by atoms with Crippen LogP contribution in [-0.2, 0) is 14.8 Å². The fourth-order valence-electron chi connectivity index (χ4n) is 0.942. The first-order valence-electron chi connectivity index (χ1n) is 4.39. The molecule has 0 atom stereocenters. The number of thiophene rings is 1. The standard InChI is InChI=1S/C8H10N2O5S2/c1-9-8(13)6-2-5(4-16-6)17(14,15)10-3-7(11)12/h2,4,10H,3H2,1H3,(H,9,13)(H,11,12). The molecular weight excluding hydrogens is 268 g/mol. The lowest BCUT2D eigenvalue weighted by Crippen LogP contribution is -2.29. The number of sulfonamides is 1. The zero-order valence-electron chi connectivity index (χ0n) is 8.76. The quantitative estimate of drug-likeness (QED) is 0.670. The second kappa shape index (κ2) is 5.25. The molecule has 3 N–H and O–H groups in total. The zero-order chi connectivity index (χ0) is 13.1. The normalized spacial score (nSPS) is 11.1. The molecule has 0 aromatic carbocycles. The van der Waals surface area contributed by atoms with Crippen LogP contribution in [0, 0.1) is 0 Å². The molecule has 94 valence electrons. The number of hydrogen-bond acceptors (Lipinski definition) is 5. The SMILES string of the molecule is CNC(=O)c1cc(S(=O)(=O)NCC(=O)O)cs1. The van der Waals surface area contributed by atoms with Gasteiger partial charge in [0.15, 0.2) is 0 Å². The van der Waals surface area contributed by atoms with Gasteiger partial charge >= 0.3 is 5.97 Å². The van der Waals surface area contributed by atoms with Gasteiger partial charge in [0, 0.05) is 12.4 Å². The minimum absolute atomic E-state index is 0.123. The van der Waals surface area contributed by atoms with Crippen LogP contribution in [0.5, 0.6) is 0 Å². The molecule has 0 bridgehead atoms. The van der Waals surface area contributed by atoms with E-state index in [4.69, 9.17) is 5.11 Å². The summed E-state index contributed by atoms with van der Waals surface area (Å²) in [6.45, 7) is -0.701. The molecule has 0 radical (unpaired) electrons. The lowest BCUT2D eigenvalue weighted by atomic mass is 10.4. The van der Waals surface area contributed by atoms with Gasteiger partial charge in [-0.25, -0.2) is 8.42 Å². The molecule has 0 spiro atoms. The zero-order valence-corrected chi connectivity index (χ0v) is 10.4. The van der Waals surface area contributed by atoms with Gasteiger partial charge in [0.2, 0.25) is 10.0 Å². The number of aliphatic carboxylic acids is 1. The highest BCUT2D eigenvalue weighted by Crippen LogP contribution is 2.18. The van der Waals surface area contributed by atoms with E-state index in [0.29, 0.717) is 0 Å². The molecule has 1 aromatic rings. The van der Waals surface area contributed by atoms with E-state index in [9.17, 15) is 18.0 Å². The summed E-state index contributed by atoms with van der Waals surface area (Å²) in [6, 6.07) is 1.19. The molecule has 17 heavy (non-hydrogen) atoms. The monoisotopic (exact) mass is 278 g/mol. The number of carboxylic acid groups (broad SMARTS) is 1. The van der Waals surface area contributed by atoms with E-state index in [0.717, 1.165) is 11.3 Å². The molecule has 0 aliphatic carbocycles. The van der Waals surface area contributed by atoms with E-state index in [2.05, 4.69) is 5.32 Å². The van der Waals surface area contributed by atoms with Crippen molar-refractivity contribution in [3.63, 3.8) is 0 Å². The fourth-order valence-corrected chi connectivity index (χ4v) is 3.14. The van der Waals surface area contributed by atoms with Crippen molar-refractivity contribution in [3.05, 3.63) is 16.3 Å². The number of carbonyl (C=O) groups excluding carboxylic acids is 1. The van der Waals surface area contributed by atoms with E-state index in [1.807, 2.05) is 4.72 Å². The van der Waals surface area contributed by atoms with Crippen LogP contribution in [-0.4, -0.2) is 39.0 Å². The van der Waals surface area contributed by atoms with Gasteiger partial charge in [-0.05, 0) is 6.07 Å². The summed E-state index contributed by atoms with van der Waals surface area (Å²) in [5, 5.41) is 12.0. The van der Waals surface area contributed by atoms with E-state index < -0.39 is 28.4 Å². The summed E-state index contributed by atoms with van der Waals surface area (Å²) >= 11 is 0.965. The Bertz CT molecular complexity index is 534. The lowest BCUT2D eigenvalue weighted by molar-refractivity contribution is -0.135. The Balaban J connectivity index is 2.89. The molecule has 1 rings (SSSR count). The molecule has 1 aromatic heterocycles. The number of carboxylic acids is 1. The van der Waals surface area contributed by atoms with Crippen molar-refractivity contribution in [1.82, 2.24) is 10.0 Å². The number of amides is 1. The largest absolute Gasteiger partial charge is 0.480 e. The topological polar surface area (TPSA) is 113 Å². The summed E-state index contributed by atoms with van der Waals surface area (Å²) in [5.41, 5.74) is 0. The Hall–Kier alpha value is -1.45. The van der Waals surface area contributed by atoms with Gasteiger partial charge in [0.1, 0.15) is 6.54 Å². The average molecular weight is 278 g/mol. The highest BCUT2D eigenvalue weighted by atomic mass is 32.2. The third kappa shape index (κ3) is 3.51. The molecule has 1 amide bonds. The second-order valence-electron chi connectivity index (χ2n) is 2.94. The van der Waals surface area contributed by atoms with Crippen LogP contribution in [0.3, 0.4) is 0 Å². The molecule has 7 nitrogen and oxygen atoms in total. The number of carbonyl (C=O) groups is 2. The summed E-state index contributed by atoms with van der Waals surface area (Å²) in [5.74, 6) is -1.68. The van der Waals surface area contributed by atoms with Gasteiger partial charge in [-0.1, -0.05) is 0 Å². The maximum atomic E-state index is 11.6. The Morgan fingerprint density at radius 2 is 2.12 bits per heavy atom. The third-order valence-corrected chi connectivity index (χ3v) is 4.21. The Morgan fingerprint density at radius 1 is 1.47 bits per heavy atom. The highest BCUT2D eigenvalue weighted by molar-refractivity contribution is 7.89. The molecule has 0 saturated carbocycles. The molecular formula is C8H10N2O5S2. The highest BCUT2D eigenvalue weighted by Gasteiger charge is 2.18. The van der Waals surface area contributed by atoms with Gasteiger partial charge in [0.05, 0.1) is 9.77 Å². The molecule has 0 unspecified atom stereocenters. The Kier molecular flexibility index (Phi) is 4.21. The minimum atomic E-state index is -3.88. The van der Waals surface area contributed by atoms with Crippen molar-refractivity contribution in [2.45, 2.75) is 4.90 Å². The first-order chi connectivity index (χ1) is 7.86. The average Bonchev–Trinajstić information content (AvgIpc) is 2.75. The fraction of sp³-hybridized carbons (Fsp3) is 0.250. The molecule has 1 heterocycles. The van der Waals surface area contributed by atoms with E-state index in [1.54, 1.807) is 0 Å². The first-order valence-corrected chi connectivity index (χ1v) is 6.75. The molecule has 0 fully saturated rings. The Labute approximate surface area is 102 Å². The number of rotatable bonds is 5. The van der Waals surface area contributed by atoms with E-state index in [-0.39, 0.29) is 9.77 Å². The van der Waals surface area contributed by atoms with Gasteiger partial charge in [0.25, 0.3) is 5.91 Å². The molecule has 0 aliphatic rings. The van der Waals surface area contributed by atoms with Crippen molar-refractivity contribution < 1.29 is 23.1 Å². The molecule has 0 aliphatic heterocycles. The smallest absolute Gasteiger partial charge is 0.318 e. The number of hydrogen-bond donors (Lipinski definition) is 3. The third-order valence-electron chi connectivity index (χ3n) is 1.75. The predicted molar refractivity (Wildman–Crippen MR) is 60.5 cm³/mol. The van der Waals surface area contributed by atoms with E-state index >= 15 is 0 Å². The first kappa shape index (κ1) is 13.6. The van der Waals surface area contributed by atoms with Crippen LogP contribution >= 0.6 is 11.3 Å². The summed E-state index contributed by atoms with van der Waals surface area (Å²) in [7, 11) is -2.45. The Morgan fingerprint density at radius 3 is 2.65 bits per heavy atom.